The Bertz CT molecular complexity index is 618. The molecule has 1 unspecified atom stereocenters. The molecule has 0 spiro atoms. The number of carbonyl (C=O) groups is 1. The SMILES string of the molecule is NC(=O)C1CCCCN1Cc1cccc2ccccc12. The minimum atomic E-state index is -0.190. The third kappa shape index (κ3) is 2.54. The predicted octanol–water partition coefficient (Wildman–Crippen LogP) is 2.68. The number of likely N-dealkylation sites (tertiary alicyclic amines) is 1. The first-order valence-corrected chi connectivity index (χ1v) is 7.26. The van der Waals surface area contributed by atoms with Crippen LogP contribution in [-0.4, -0.2) is 23.4 Å². The fourth-order valence-corrected chi connectivity index (χ4v) is 3.15. The van der Waals surface area contributed by atoms with Crippen LogP contribution in [0.5, 0.6) is 0 Å². The molecule has 1 saturated heterocycles. The fraction of sp³-hybridized carbons (Fsp3) is 0.353. The molecule has 0 aliphatic carbocycles. The number of carbonyl (C=O) groups excluding carboxylic acids is 1. The van der Waals surface area contributed by atoms with E-state index >= 15 is 0 Å². The van der Waals surface area contributed by atoms with Crippen molar-refractivity contribution in [2.45, 2.75) is 31.8 Å². The van der Waals surface area contributed by atoms with Crippen LogP contribution in [0.1, 0.15) is 24.8 Å². The summed E-state index contributed by atoms with van der Waals surface area (Å²) in [5, 5.41) is 2.52. The van der Waals surface area contributed by atoms with Crippen molar-refractivity contribution in [3.63, 3.8) is 0 Å². The number of hydrogen-bond acceptors (Lipinski definition) is 2. The summed E-state index contributed by atoms with van der Waals surface area (Å²) in [6.45, 7) is 1.76. The molecule has 2 aromatic carbocycles. The zero-order chi connectivity index (χ0) is 13.9. The van der Waals surface area contributed by atoms with Gasteiger partial charge in [0.15, 0.2) is 0 Å². The van der Waals surface area contributed by atoms with Crippen LogP contribution in [0, 0.1) is 0 Å². The summed E-state index contributed by atoms with van der Waals surface area (Å²) in [7, 11) is 0. The van der Waals surface area contributed by atoms with Crippen molar-refractivity contribution in [3.05, 3.63) is 48.0 Å². The van der Waals surface area contributed by atoms with E-state index in [1.54, 1.807) is 0 Å². The molecule has 20 heavy (non-hydrogen) atoms. The van der Waals surface area contributed by atoms with E-state index in [0.717, 1.165) is 32.4 Å². The summed E-state index contributed by atoms with van der Waals surface area (Å²) in [6, 6.07) is 14.6. The van der Waals surface area contributed by atoms with Crippen molar-refractivity contribution in [1.82, 2.24) is 4.90 Å². The summed E-state index contributed by atoms with van der Waals surface area (Å²) in [5.41, 5.74) is 6.82. The normalized spacial score (nSPS) is 20.1. The summed E-state index contributed by atoms with van der Waals surface area (Å²) in [5.74, 6) is -0.190. The van der Waals surface area contributed by atoms with Crippen LogP contribution in [0.15, 0.2) is 42.5 Å². The van der Waals surface area contributed by atoms with Gasteiger partial charge in [-0.2, -0.15) is 0 Å². The van der Waals surface area contributed by atoms with Gasteiger partial charge in [0.1, 0.15) is 0 Å². The van der Waals surface area contributed by atoms with E-state index < -0.39 is 0 Å². The first kappa shape index (κ1) is 13.1. The van der Waals surface area contributed by atoms with Gasteiger partial charge in [0, 0.05) is 6.54 Å². The van der Waals surface area contributed by atoms with Crippen molar-refractivity contribution in [2.75, 3.05) is 6.54 Å². The van der Waals surface area contributed by atoms with Gasteiger partial charge in [-0.15, -0.1) is 0 Å². The predicted molar refractivity (Wildman–Crippen MR) is 81.2 cm³/mol. The highest BCUT2D eigenvalue weighted by Crippen LogP contribution is 2.24. The summed E-state index contributed by atoms with van der Waals surface area (Å²) < 4.78 is 0. The molecule has 0 saturated carbocycles. The van der Waals surface area contributed by atoms with E-state index in [1.807, 2.05) is 0 Å². The number of nitrogens with zero attached hydrogens (tertiary/aromatic N) is 1. The van der Waals surface area contributed by atoms with E-state index in [4.69, 9.17) is 5.73 Å². The Balaban J connectivity index is 1.90. The third-order valence-corrected chi connectivity index (χ3v) is 4.20. The number of fused-ring (bicyclic) bond motifs is 1. The van der Waals surface area contributed by atoms with Crippen molar-refractivity contribution in [2.24, 2.45) is 5.73 Å². The van der Waals surface area contributed by atoms with Gasteiger partial charge in [0.25, 0.3) is 0 Å². The summed E-state index contributed by atoms with van der Waals surface area (Å²) in [4.78, 5) is 13.8. The molecule has 1 aliphatic rings. The van der Waals surface area contributed by atoms with Crippen molar-refractivity contribution >= 4 is 16.7 Å². The highest BCUT2D eigenvalue weighted by Gasteiger charge is 2.26. The summed E-state index contributed by atoms with van der Waals surface area (Å²) >= 11 is 0. The molecule has 1 heterocycles. The highest BCUT2D eigenvalue weighted by molar-refractivity contribution is 5.85. The quantitative estimate of drug-likeness (QED) is 0.930. The first-order valence-electron chi connectivity index (χ1n) is 7.26. The van der Waals surface area contributed by atoms with Crippen LogP contribution in [0.3, 0.4) is 0 Å². The maximum Gasteiger partial charge on any atom is 0.234 e. The van der Waals surface area contributed by atoms with Crippen molar-refractivity contribution < 1.29 is 4.79 Å². The lowest BCUT2D eigenvalue weighted by atomic mass is 9.99. The van der Waals surface area contributed by atoms with Gasteiger partial charge in [-0.05, 0) is 35.7 Å². The lowest BCUT2D eigenvalue weighted by Crippen LogP contribution is -2.47. The average Bonchev–Trinajstić information content (AvgIpc) is 2.48. The van der Waals surface area contributed by atoms with E-state index in [9.17, 15) is 4.79 Å². The second kappa shape index (κ2) is 5.63. The number of rotatable bonds is 3. The molecule has 1 aliphatic heterocycles. The molecule has 3 rings (SSSR count). The Hall–Kier alpha value is -1.87. The molecule has 1 amide bonds. The Kier molecular flexibility index (Phi) is 3.70. The molecule has 2 aromatic rings. The van der Waals surface area contributed by atoms with Gasteiger partial charge in [0.2, 0.25) is 5.91 Å². The van der Waals surface area contributed by atoms with Gasteiger partial charge >= 0.3 is 0 Å². The van der Waals surface area contributed by atoms with Gasteiger partial charge < -0.3 is 5.73 Å². The second-order valence-electron chi connectivity index (χ2n) is 5.52. The number of nitrogens with two attached hydrogens (primary N) is 1. The minimum Gasteiger partial charge on any atom is -0.368 e. The van der Waals surface area contributed by atoms with Gasteiger partial charge in [-0.3, -0.25) is 9.69 Å². The topological polar surface area (TPSA) is 46.3 Å². The molecule has 104 valence electrons. The molecule has 3 nitrogen and oxygen atoms in total. The largest absolute Gasteiger partial charge is 0.368 e. The standard InChI is InChI=1S/C17H20N2O/c18-17(20)16-10-3-4-11-19(16)12-14-8-5-7-13-6-1-2-9-15(13)14/h1-2,5-9,16H,3-4,10-12H2,(H2,18,20). The van der Waals surface area contributed by atoms with Crippen LogP contribution in [-0.2, 0) is 11.3 Å². The lowest BCUT2D eigenvalue weighted by Gasteiger charge is -2.33. The Morgan fingerprint density at radius 2 is 1.95 bits per heavy atom. The third-order valence-electron chi connectivity index (χ3n) is 4.20. The van der Waals surface area contributed by atoms with E-state index in [1.165, 1.54) is 16.3 Å². The Labute approximate surface area is 119 Å². The van der Waals surface area contributed by atoms with Gasteiger partial charge in [-0.1, -0.05) is 48.9 Å². The van der Waals surface area contributed by atoms with Gasteiger partial charge in [-0.25, -0.2) is 0 Å². The Morgan fingerprint density at radius 1 is 1.15 bits per heavy atom. The van der Waals surface area contributed by atoms with Crippen LogP contribution in [0.25, 0.3) is 10.8 Å². The lowest BCUT2D eigenvalue weighted by molar-refractivity contribution is -0.124. The van der Waals surface area contributed by atoms with Crippen LogP contribution < -0.4 is 5.73 Å². The van der Waals surface area contributed by atoms with Crippen molar-refractivity contribution in [3.8, 4) is 0 Å². The molecule has 0 aromatic heterocycles. The molecule has 3 heteroatoms. The highest BCUT2D eigenvalue weighted by atomic mass is 16.1. The number of primary amides is 1. The molecular weight excluding hydrogens is 248 g/mol. The maximum atomic E-state index is 11.6. The van der Waals surface area contributed by atoms with E-state index in [0.29, 0.717) is 0 Å². The number of amides is 1. The molecule has 1 atom stereocenters. The zero-order valence-electron chi connectivity index (χ0n) is 11.6. The van der Waals surface area contributed by atoms with Crippen molar-refractivity contribution in [1.29, 1.82) is 0 Å². The maximum absolute atomic E-state index is 11.6. The number of hydrogen-bond donors (Lipinski definition) is 1. The molecule has 0 radical (unpaired) electrons. The summed E-state index contributed by atoms with van der Waals surface area (Å²) in [6.07, 6.45) is 3.13. The van der Waals surface area contributed by atoms with Gasteiger partial charge in [0.05, 0.1) is 6.04 Å². The zero-order valence-corrected chi connectivity index (χ0v) is 11.6. The fourth-order valence-electron chi connectivity index (χ4n) is 3.15. The second-order valence-corrected chi connectivity index (χ2v) is 5.52. The molecule has 0 bridgehead atoms. The molecule has 1 fully saturated rings. The van der Waals surface area contributed by atoms with Crippen LogP contribution in [0.4, 0.5) is 0 Å². The van der Waals surface area contributed by atoms with E-state index in [2.05, 4.69) is 47.4 Å². The monoisotopic (exact) mass is 268 g/mol. The molecule has 2 N–H and O–H groups in total. The average molecular weight is 268 g/mol. The number of piperidine rings is 1. The van der Waals surface area contributed by atoms with Crippen LogP contribution >= 0.6 is 0 Å². The first-order chi connectivity index (χ1) is 9.75. The Morgan fingerprint density at radius 3 is 2.80 bits per heavy atom. The van der Waals surface area contributed by atoms with E-state index in [-0.39, 0.29) is 11.9 Å². The molecular formula is C17H20N2O. The minimum absolute atomic E-state index is 0.109. The number of benzene rings is 2. The smallest absolute Gasteiger partial charge is 0.234 e. The van der Waals surface area contributed by atoms with Crippen LogP contribution in [0.2, 0.25) is 0 Å².